The molecule has 0 aliphatic rings. The van der Waals surface area contributed by atoms with Crippen molar-refractivity contribution in [3.63, 3.8) is 0 Å². The summed E-state index contributed by atoms with van der Waals surface area (Å²) in [5, 5.41) is 5.06. The third-order valence-electron chi connectivity index (χ3n) is 10.5. The first kappa shape index (κ1) is 32.7. The zero-order valence-electron chi connectivity index (χ0n) is 30.1. The molecule has 9 aromatic carbocycles. The average Bonchev–Trinajstić information content (AvgIpc) is 3.63. The molecule has 55 heavy (non-hydrogen) atoms. The molecule has 0 unspecified atom stereocenters. The van der Waals surface area contributed by atoms with Crippen LogP contribution >= 0.6 is 11.3 Å². The Morgan fingerprint density at radius 1 is 0.273 bits per heavy atom. The second-order valence-electron chi connectivity index (χ2n) is 13.8. The van der Waals surface area contributed by atoms with Crippen LogP contribution in [-0.2, 0) is 0 Å². The number of para-hydroxylation sites is 1. The monoisotopic (exact) mass is 720 g/mol. The molecule has 1 aromatic heterocycles. The Hall–Kier alpha value is -6.94. The second kappa shape index (κ2) is 14.1. The quantitative estimate of drug-likeness (QED) is 0.154. The number of hydrogen-bond donors (Lipinski definition) is 0. The van der Waals surface area contributed by atoms with Crippen molar-refractivity contribution in [3.05, 3.63) is 218 Å². The summed E-state index contributed by atoms with van der Waals surface area (Å²) in [6, 6.07) is 78.7. The van der Waals surface area contributed by atoms with Crippen LogP contribution in [-0.4, -0.2) is 0 Å². The van der Waals surface area contributed by atoms with Gasteiger partial charge in [0.2, 0.25) is 0 Å². The molecular weight excluding hydrogens is 685 g/mol. The van der Waals surface area contributed by atoms with Crippen LogP contribution in [0.5, 0.6) is 0 Å². The van der Waals surface area contributed by atoms with Crippen molar-refractivity contribution in [1.29, 1.82) is 0 Å². The lowest BCUT2D eigenvalue weighted by molar-refractivity contribution is 1.29. The summed E-state index contributed by atoms with van der Waals surface area (Å²) < 4.78 is 2.60. The van der Waals surface area contributed by atoms with Crippen LogP contribution in [0.25, 0.3) is 53.2 Å². The summed E-state index contributed by atoms with van der Waals surface area (Å²) in [5.41, 5.74) is 11.5. The zero-order valence-corrected chi connectivity index (χ0v) is 30.9. The average molecular weight is 721 g/mol. The van der Waals surface area contributed by atoms with Gasteiger partial charge in [0, 0.05) is 54.0 Å². The molecule has 10 aromatic rings. The topological polar surface area (TPSA) is 6.48 Å². The molecule has 0 N–H and O–H groups in total. The van der Waals surface area contributed by atoms with Gasteiger partial charge in [-0.05, 0) is 100 Å². The van der Waals surface area contributed by atoms with Crippen LogP contribution in [0.4, 0.5) is 34.1 Å². The Labute approximate surface area is 325 Å². The van der Waals surface area contributed by atoms with E-state index in [1.807, 2.05) is 11.3 Å². The molecule has 0 spiro atoms. The minimum atomic E-state index is 1.11. The largest absolute Gasteiger partial charge is 0.310 e. The van der Waals surface area contributed by atoms with Crippen molar-refractivity contribution in [2.75, 3.05) is 9.80 Å². The third-order valence-corrected chi connectivity index (χ3v) is 11.6. The Morgan fingerprint density at radius 3 is 1.38 bits per heavy atom. The maximum absolute atomic E-state index is 2.37. The Kier molecular flexibility index (Phi) is 8.40. The van der Waals surface area contributed by atoms with E-state index in [2.05, 4.69) is 228 Å². The molecule has 2 nitrogen and oxygen atoms in total. The predicted octanol–water partition coefficient (Wildman–Crippen LogP) is 15.5. The van der Waals surface area contributed by atoms with Crippen LogP contribution in [0.1, 0.15) is 0 Å². The van der Waals surface area contributed by atoms with Gasteiger partial charge >= 0.3 is 0 Å². The number of thiophene rings is 1. The highest BCUT2D eigenvalue weighted by molar-refractivity contribution is 7.25. The standard InChI is InChI=1S/C52H36N2S/c1-3-12-37(13-4-1)38-22-28-43(29-23-38)53(46-34-35-49-48-19-9-10-21-51(48)55-52(49)36-46)44-30-24-39(25-31-44)40-26-32-45(33-27-40)54(42-16-5-2-6-17-42)50-20-11-15-41-14-7-8-18-47(41)50/h1-36H. The van der Waals surface area contributed by atoms with Crippen molar-refractivity contribution in [2.45, 2.75) is 0 Å². The molecule has 0 radical (unpaired) electrons. The number of nitrogens with zero attached hydrogens (tertiary/aromatic N) is 2. The van der Waals surface area contributed by atoms with Crippen LogP contribution in [0.3, 0.4) is 0 Å². The van der Waals surface area contributed by atoms with E-state index in [1.165, 1.54) is 53.2 Å². The van der Waals surface area contributed by atoms with E-state index in [1.54, 1.807) is 0 Å². The summed E-state index contributed by atoms with van der Waals surface area (Å²) in [6.45, 7) is 0. The predicted molar refractivity (Wildman–Crippen MR) is 237 cm³/mol. The first-order valence-electron chi connectivity index (χ1n) is 18.7. The molecule has 0 saturated carbocycles. The summed E-state index contributed by atoms with van der Waals surface area (Å²) in [4.78, 5) is 4.72. The van der Waals surface area contributed by atoms with Crippen LogP contribution in [0.15, 0.2) is 218 Å². The maximum atomic E-state index is 2.37. The molecule has 3 heteroatoms. The van der Waals surface area contributed by atoms with Crippen molar-refractivity contribution in [1.82, 2.24) is 0 Å². The molecule has 1 heterocycles. The van der Waals surface area contributed by atoms with Crippen molar-refractivity contribution in [3.8, 4) is 22.3 Å². The van der Waals surface area contributed by atoms with Crippen molar-refractivity contribution in [2.24, 2.45) is 0 Å². The fourth-order valence-corrected chi connectivity index (χ4v) is 8.89. The molecule has 0 fully saturated rings. The SMILES string of the molecule is c1ccc(-c2ccc(N(c3ccc(-c4ccc(N(c5ccccc5)c5cccc6ccccc56)cc4)cc3)c3ccc4c(c3)sc3ccccc34)cc2)cc1. The second-order valence-corrected chi connectivity index (χ2v) is 14.9. The summed E-state index contributed by atoms with van der Waals surface area (Å²) >= 11 is 1.85. The van der Waals surface area contributed by atoms with Crippen LogP contribution in [0, 0.1) is 0 Å². The summed E-state index contributed by atoms with van der Waals surface area (Å²) in [6.07, 6.45) is 0. The van der Waals surface area contributed by atoms with E-state index < -0.39 is 0 Å². The fraction of sp³-hybridized carbons (Fsp3) is 0. The molecule has 0 aliphatic heterocycles. The molecule has 0 atom stereocenters. The lowest BCUT2D eigenvalue weighted by Crippen LogP contribution is -2.10. The number of hydrogen-bond acceptors (Lipinski definition) is 3. The fourth-order valence-electron chi connectivity index (χ4n) is 7.75. The summed E-state index contributed by atoms with van der Waals surface area (Å²) in [5.74, 6) is 0. The molecule has 0 bridgehead atoms. The smallest absolute Gasteiger partial charge is 0.0540 e. The van der Waals surface area contributed by atoms with Gasteiger partial charge < -0.3 is 9.80 Å². The number of rotatable bonds is 8. The Balaban J connectivity index is 1.01. The van der Waals surface area contributed by atoms with E-state index in [0.29, 0.717) is 0 Å². The van der Waals surface area contributed by atoms with Crippen LogP contribution < -0.4 is 9.80 Å². The third kappa shape index (κ3) is 6.21. The molecule has 260 valence electrons. The Morgan fingerprint density at radius 2 is 0.727 bits per heavy atom. The summed E-state index contributed by atoms with van der Waals surface area (Å²) in [7, 11) is 0. The van der Waals surface area contributed by atoms with E-state index in [4.69, 9.17) is 0 Å². The lowest BCUT2D eigenvalue weighted by Gasteiger charge is -2.27. The minimum absolute atomic E-state index is 1.11. The van der Waals surface area contributed by atoms with Gasteiger partial charge in [0.25, 0.3) is 0 Å². The highest BCUT2D eigenvalue weighted by Crippen LogP contribution is 2.42. The van der Waals surface area contributed by atoms with Gasteiger partial charge in [0.15, 0.2) is 0 Å². The molecule has 0 saturated heterocycles. The van der Waals surface area contributed by atoms with Gasteiger partial charge in [-0.1, -0.05) is 146 Å². The Bertz CT molecular complexity index is 2890. The van der Waals surface area contributed by atoms with Gasteiger partial charge in [-0.3, -0.25) is 0 Å². The maximum Gasteiger partial charge on any atom is 0.0540 e. The van der Waals surface area contributed by atoms with Gasteiger partial charge in [-0.25, -0.2) is 0 Å². The van der Waals surface area contributed by atoms with Gasteiger partial charge in [-0.15, -0.1) is 11.3 Å². The molecule has 10 rings (SSSR count). The number of benzene rings is 9. The first-order chi connectivity index (χ1) is 27.3. The van der Waals surface area contributed by atoms with Crippen molar-refractivity contribution >= 4 is 76.4 Å². The van der Waals surface area contributed by atoms with E-state index >= 15 is 0 Å². The normalized spacial score (nSPS) is 11.3. The van der Waals surface area contributed by atoms with Crippen molar-refractivity contribution < 1.29 is 0 Å². The molecule has 0 aliphatic carbocycles. The number of fused-ring (bicyclic) bond motifs is 4. The van der Waals surface area contributed by atoms with E-state index in [0.717, 1.165) is 34.1 Å². The zero-order chi connectivity index (χ0) is 36.6. The van der Waals surface area contributed by atoms with Gasteiger partial charge in [-0.2, -0.15) is 0 Å². The van der Waals surface area contributed by atoms with Gasteiger partial charge in [0.05, 0.1) is 5.69 Å². The minimum Gasteiger partial charge on any atom is -0.310 e. The highest BCUT2D eigenvalue weighted by atomic mass is 32.1. The first-order valence-corrected chi connectivity index (χ1v) is 19.5. The van der Waals surface area contributed by atoms with E-state index in [-0.39, 0.29) is 0 Å². The molecule has 0 amide bonds. The lowest BCUT2D eigenvalue weighted by atomic mass is 10.0. The van der Waals surface area contributed by atoms with Gasteiger partial charge in [0.1, 0.15) is 0 Å². The highest BCUT2D eigenvalue weighted by Gasteiger charge is 2.17. The molecular formula is C52H36N2S. The van der Waals surface area contributed by atoms with E-state index in [9.17, 15) is 0 Å². The van der Waals surface area contributed by atoms with Crippen LogP contribution in [0.2, 0.25) is 0 Å². The number of anilines is 6.